The summed E-state index contributed by atoms with van der Waals surface area (Å²) in [4.78, 5) is 27.7. The molecule has 0 saturated heterocycles. The average Bonchev–Trinajstić information content (AvgIpc) is 2.88. The average molecular weight is 508 g/mol. The van der Waals surface area contributed by atoms with E-state index < -0.39 is 28.5 Å². The molecule has 0 saturated carbocycles. The summed E-state index contributed by atoms with van der Waals surface area (Å²) in [6.07, 6.45) is 0.531. The molecule has 0 aromatic heterocycles. The third-order valence-corrected chi connectivity index (χ3v) is 7.90. The second kappa shape index (κ2) is 11.9. The van der Waals surface area contributed by atoms with Crippen LogP contribution in [-0.2, 0) is 26.0 Å². The SMILES string of the molecule is CNC(=O)[C@@H](C)N(CCc1ccccc1)C(=O)CN(c1ccc(C)cc1)S(=O)(=O)c1ccc(C)cc1. The van der Waals surface area contributed by atoms with Gasteiger partial charge in [0.25, 0.3) is 10.0 Å². The number of sulfonamides is 1. The highest BCUT2D eigenvalue weighted by molar-refractivity contribution is 7.92. The topological polar surface area (TPSA) is 86.8 Å². The van der Waals surface area contributed by atoms with E-state index in [1.54, 1.807) is 43.3 Å². The van der Waals surface area contributed by atoms with Crippen LogP contribution in [0.1, 0.15) is 23.6 Å². The molecule has 0 radical (unpaired) electrons. The highest BCUT2D eigenvalue weighted by Gasteiger charge is 2.32. The van der Waals surface area contributed by atoms with Crippen molar-refractivity contribution in [3.63, 3.8) is 0 Å². The van der Waals surface area contributed by atoms with Crippen molar-refractivity contribution in [2.24, 2.45) is 0 Å². The maximum absolute atomic E-state index is 13.7. The maximum Gasteiger partial charge on any atom is 0.264 e. The Hall–Kier alpha value is -3.65. The smallest absolute Gasteiger partial charge is 0.264 e. The second-order valence-corrected chi connectivity index (χ2v) is 10.6. The number of anilines is 1. The van der Waals surface area contributed by atoms with Crippen molar-refractivity contribution in [1.82, 2.24) is 10.2 Å². The first-order valence-electron chi connectivity index (χ1n) is 11.8. The van der Waals surface area contributed by atoms with Crippen LogP contribution in [0, 0.1) is 13.8 Å². The van der Waals surface area contributed by atoms with E-state index in [4.69, 9.17) is 0 Å². The molecule has 190 valence electrons. The molecule has 36 heavy (non-hydrogen) atoms. The Labute approximate surface area is 213 Å². The van der Waals surface area contributed by atoms with Gasteiger partial charge < -0.3 is 10.2 Å². The molecular weight excluding hydrogens is 474 g/mol. The molecular formula is C28H33N3O4S. The van der Waals surface area contributed by atoms with Gasteiger partial charge >= 0.3 is 0 Å². The molecule has 0 heterocycles. The largest absolute Gasteiger partial charge is 0.357 e. The lowest BCUT2D eigenvalue weighted by Crippen LogP contribution is -2.51. The molecule has 3 aromatic rings. The molecule has 0 unspecified atom stereocenters. The molecule has 0 aliphatic carbocycles. The van der Waals surface area contributed by atoms with Gasteiger partial charge in [-0.3, -0.25) is 13.9 Å². The molecule has 0 fully saturated rings. The zero-order valence-electron chi connectivity index (χ0n) is 21.1. The van der Waals surface area contributed by atoms with E-state index in [9.17, 15) is 18.0 Å². The number of carbonyl (C=O) groups is 2. The van der Waals surface area contributed by atoms with Crippen LogP contribution in [0.25, 0.3) is 0 Å². The van der Waals surface area contributed by atoms with Gasteiger partial charge in [0.05, 0.1) is 10.6 Å². The minimum Gasteiger partial charge on any atom is -0.357 e. The summed E-state index contributed by atoms with van der Waals surface area (Å²) in [7, 11) is -2.53. The number of amides is 2. The molecule has 3 aromatic carbocycles. The lowest BCUT2D eigenvalue weighted by Gasteiger charge is -2.31. The Morgan fingerprint density at radius 1 is 0.861 bits per heavy atom. The number of rotatable bonds is 10. The van der Waals surface area contributed by atoms with Crippen LogP contribution < -0.4 is 9.62 Å². The van der Waals surface area contributed by atoms with Crippen LogP contribution in [0.2, 0.25) is 0 Å². The van der Waals surface area contributed by atoms with Crippen molar-refractivity contribution in [1.29, 1.82) is 0 Å². The molecule has 8 heteroatoms. The van der Waals surface area contributed by atoms with Crippen LogP contribution in [-0.4, -0.2) is 51.3 Å². The minimum atomic E-state index is -4.05. The Balaban J connectivity index is 1.96. The van der Waals surface area contributed by atoms with E-state index in [2.05, 4.69) is 5.32 Å². The van der Waals surface area contributed by atoms with E-state index in [-0.39, 0.29) is 17.3 Å². The van der Waals surface area contributed by atoms with Crippen molar-refractivity contribution in [2.75, 3.05) is 24.4 Å². The van der Waals surface area contributed by atoms with Crippen molar-refractivity contribution in [2.45, 2.75) is 38.1 Å². The van der Waals surface area contributed by atoms with E-state index >= 15 is 0 Å². The first-order chi connectivity index (χ1) is 17.1. The van der Waals surface area contributed by atoms with Crippen LogP contribution in [0.15, 0.2) is 83.8 Å². The summed E-state index contributed by atoms with van der Waals surface area (Å²) in [5, 5.41) is 2.59. The Morgan fingerprint density at radius 2 is 1.42 bits per heavy atom. The van der Waals surface area contributed by atoms with Gasteiger partial charge in [-0.05, 0) is 57.0 Å². The van der Waals surface area contributed by atoms with Gasteiger partial charge in [-0.15, -0.1) is 0 Å². The van der Waals surface area contributed by atoms with Crippen LogP contribution in [0.5, 0.6) is 0 Å². The fourth-order valence-corrected chi connectivity index (χ4v) is 5.27. The van der Waals surface area contributed by atoms with E-state index in [0.29, 0.717) is 12.1 Å². The fourth-order valence-electron chi connectivity index (χ4n) is 3.86. The summed E-state index contributed by atoms with van der Waals surface area (Å²) in [5.41, 5.74) is 3.29. The van der Waals surface area contributed by atoms with Crippen molar-refractivity contribution in [3.8, 4) is 0 Å². The first-order valence-corrected chi connectivity index (χ1v) is 13.3. The fraction of sp³-hybridized carbons (Fsp3) is 0.286. The first kappa shape index (κ1) is 26.9. The summed E-state index contributed by atoms with van der Waals surface area (Å²) in [5.74, 6) is -0.780. The van der Waals surface area contributed by atoms with E-state index in [1.807, 2.05) is 44.2 Å². The van der Waals surface area contributed by atoms with Gasteiger partial charge in [0.1, 0.15) is 12.6 Å². The van der Waals surface area contributed by atoms with Gasteiger partial charge in [0.2, 0.25) is 11.8 Å². The molecule has 1 atom stereocenters. The Bertz CT molecular complexity index is 1270. The number of benzene rings is 3. The molecule has 0 aliphatic rings. The molecule has 0 aliphatic heterocycles. The van der Waals surface area contributed by atoms with Gasteiger partial charge in [0.15, 0.2) is 0 Å². The monoisotopic (exact) mass is 507 g/mol. The predicted octanol–water partition coefficient (Wildman–Crippen LogP) is 3.70. The third-order valence-electron chi connectivity index (χ3n) is 6.11. The summed E-state index contributed by atoms with van der Waals surface area (Å²) in [6, 6.07) is 22.4. The van der Waals surface area contributed by atoms with Gasteiger partial charge in [0, 0.05) is 13.6 Å². The molecule has 0 bridgehead atoms. The number of hydrogen-bond donors (Lipinski definition) is 1. The van der Waals surface area contributed by atoms with Crippen molar-refractivity contribution in [3.05, 3.63) is 95.6 Å². The molecule has 2 amide bonds. The van der Waals surface area contributed by atoms with Crippen LogP contribution in [0.3, 0.4) is 0 Å². The highest BCUT2D eigenvalue weighted by Crippen LogP contribution is 2.25. The number of likely N-dealkylation sites (N-methyl/N-ethyl adjacent to an activating group) is 1. The van der Waals surface area contributed by atoms with Gasteiger partial charge in [-0.25, -0.2) is 8.42 Å². The van der Waals surface area contributed by atoms with E-state index in [1.165, 1.54) is 24.1 Å². The number of hydrogen-bond acceptors (Lipinski definition) is 4. The zero-order valence-corrected chi connectivity index (χ0v) is 22.0. The van der Waals surface area contributed by atoms with Crippen LogP contribution >= 0.6 is 0 Å². The summed E-state index contributed by atoms with van der Waals surface area (Å²) in [6.45, 7) is 5.26. The Morgan fingerprint density at radius 3 is 1.97 bits per heavy atom. The number of carbonyl (C=O) groups excluding carboxylic acids is 2. The molecule has 0 spiro atoms. The molecule has 1 N–H and O–H groups in total. The zero-order chi connectivity index (χ0) is 26.3. The van der Waals surface area contributed by atoms with Gasteiger partial charge in [-0.2, -0.15) is 0 Å². The van der Waals surface area contributed by atoms with Crippen LogP contribution in [0.4, 0.5) is 5.69 Å². The second-order valence-electron chi connectivity index (χ2n) is 8.77. The third kappa shape index (κ3) is 6.51. The standard InChI is InChI=1S/C28H33N3O4S/c1-21-10-14-25(15-11-21)31(36(34,35)26-16-12-22(2)13-17-26)20-27(32)30(23(3)28(33)29-4)19-18-24-8-6-5-7-9-24/h5-17,23H,18-20H2,1-4H3,(H,29,33)/t23-/m1/s1. The lowest BCUT2D eigenvalue weighted by atomic mass is 10.1. The normalized spacial score (nSPS) is 12.0. The Kier molecular flexibility index (Phi) is 8.88. The molecule has 3 rings (SSSR count). The summed E-state index contributed by atoms with van der Waals surface area (Å²) >= 11 is 0. The van der Waals surface area contributed by atoms with Crippen molar-refractivity contribution >= 4 is 27.5 Å². The number of nitrogens with one attached hydrogen (secondary N) is 1. The van der Waals surface area contributed by atoms with Crippen molar-refractivity contribution < 1.29 is 18.0 Å². The number of nitrogens with zero attached hydrogens (tertiary/aromatic N) is 2. The lowest BCUT2D eigenvalue weighted by molar-refractivity contribution is -0.138. The highest BCUT2D eigenvalue weighted by atomic mass is 32.2. The number of aryl methyl sites for hydroxylation is 2. The predicted molar refractivity (Wildman–Crippen MR) is 142 cm³/mol. The van der Waals surface area contributed by atoms with Gasteiger partial charge in [-0.1, -0.05) is 65.7 Å². The quantitative estimate of drug-likeness (QED) is 0.453. The summed E-state index contributed by atoms with van der Waals surface area (Å²) < 4.78 is 28.5. The minimum absolute atomic E-state index is 0.0941. The molecule has 7 nitrogen and oxygen atoms in total. The van der Waals surface area contributed by atoms with E-state index in [0.717, 1.165) is 21.0 Å². The maximum atomic E-state index is 13.7.